The molecule has 3 N–H and O–H groups in total. The summed E-state index contributed by atoms with van der Waals surface area (Å²) in [4.78, 5) is 10.0. The molecule has 16 heavy (non-hydrogen) atoms. The van der Waals surface area contributed by atoms with Crippen LogP contribution in [0.15, 0.2) is 23.9 Å². The van der Waals surface area contributed by atoms with Gasteiger partial charge < -0.3 is 16.0 Å². The summed E-state index contributed by atoms with van der Waals surface area (Å²) in [6.45, 7) is 2.69. The molecule has 1 aromatic heterocycles. The number of aromatic nitrogens is 2. The van der Waals surface area contributed by atoms with Crippen LogP contribution in [0.3, 0.4) is 0 Å². The molecule has 1 fully saturated rings. The number of hydrogen-bond donors (Lipinski definition) is 3. The summed E-state index contributed by atoms with van der Waals surface area (Å²) in [5, 5.41) is 13.5. The zero-order valence-electron chi connectivity index (χ0n) is 8.85. The molecular formula is C9H15N5OS. The van der Waals surface area contributed by atoms with Crippen molar-refractivity contribution in [3.8, 4) is 0 Å². The number of nitrogens with one attached hydrogen (secondary N) is 3. The lowest BCUT2D eigenvalue weighted by molar-refractivity contribution is 0.248. The summed E-state index contributed by atoms with van der Waals surface area (Å²) in [6, 6.07) is -0.0463. The molecule has 0 radical (unpaired) electrons. The minimum atomic E-state index is -0.0463. The Morgan fingerprint density at radius 2 is 2.06 bits per heavy atom. The van der Waals surface area contributed by atoms with Crippen LogP contribution >= 0.6 is 11.5 Å². The molecule has 3 rings (SSSR count). The van der Waals surface area contributed by atoms with Crippen molar-refractivity contribution in [3.63, 3.8) is 0 Å². The molecule has 0 aromatic carbocycles. The van der Waals surface area contributed by atoms with Gasteiger partial charge >= 0.3 is 6.03 Å². The second kappa shape index (κ2) is 8.66. The first-order valence-corrected chi connectivity index (χ1v) is 5.84. The predicted octanol–water partition coefficient (Wildman–Crippen LogP) is 0.331. The quantitative estimate of drug-likeness (QED) is 0.611. The van der Waals surface area contributed by atoms with Crippen LogP contribution in [0, 0.1) is 0 Å². The van der Waals surface area contributed by atoms with E-state index in [1.54, 1.807) is 6.20 Å². The van der Waals surface area contributed by atoms with E-state index in [9.17, 15) is 4.79 Å². The Morgan fingerprint density at radius 3 is 2.25 bits per heavy atom. The standard InChI is InChI=1S/C4H7N.C3H6N2O.C2H2N2S/c1-2-4-5-3-1;6-3-4-1-2-5-3;1-2-5-4-3-1/h1,3,5H,2,4H2;1-2H2,(H2,4,5,6);1-2H. The van der Waals surface area contributed by atoms with Crippen LogP contribution in [-0.2, 0) is 0 Å². The topological polar surface area (TPSA) is 78.9 Å². The lowest BCUT2D eigenvalue weighted by Gasteiger charge is -1.80. The molecule has 0 aliphatic carbocycles. The summed E-state index contributed by atoms with van der Waals surface area (Å²) in [7, 11) is 0. The van der Waals surface area contributed by atoms with Crippen LogP contribution in [-0.4, -0.2) is 35.3 Å². The largest absolute Gasteiger partial charge is 0.391 e. The van der Waals surface area contributed by atoms with Gasteiger partial charge in [0.2, 0.25) is 0 Å². The maximum atomic E-state index is 10.0. The molecule has 2 aliphatic heterocycles. The summed E-state index contributed by atoms with van der Waals surface area (Å²) in [6.07, 6.45) is 6.98. The summed E-state index contributed by atoms with van der Waals surface area (Å²) >= 11 is 1.35. The number of hydrogen-bond acceptors (Lipinski definition) is 5. The fraction of sp³-hybridized carbons (Fsp3) is 0.444. The monoisotopic (exact) mass is 241 g/mol. The Hall–Kier alpha value is -1.63. The molecule has 1 aromatic rings. The molecule has 3 heterocycles. The van der Waals surface area contributed by atoms with Crippen LogP contribution in [0.25, 0.3) is 0 Å². The molecule has 1 saturated heterocycles. The van der Waals surface area contributed by atoms with E-state index in [1.165, 1.54) is 18.0 Å². The molecule has 0 unspecified atom stereocenters. The van der Waals surface area contributed by atoms with E-state index < -0.39 is 0 Å². The van der Waals surface area contributed by atoms with Crippen molar-refractivity contribution in [1.29, 1.82) is 0 Å². The number of amides is 2. The fourth-order valence-corrected chi connectivity index (χ4v) is 1.24. The first-order chi connectivity index (χ1) is 7.89. The number of carbonyl (C=O) groups is 1. The van der Waals surface area contributed by atoms with E-state index in [4.69, 9.17) is 0 Å². The van der Waals surface area contributed by atoms with E-state index >= 15 is 0 Å². The average Bonchev–Trinajstić information content (AvgIpc) is 3.07. The van der Waals surface area contributed by atoms with Gasteiger partial charge in [-0.3, -0.25) is 0 Å². The van der Waals surface area contributed by atoms with Gasteiger partial charge in [0.25, 0.3) is 0 Å². The number of rotatable bonds is 0. The molecule has 0 bridgehead atoms. The van der Waals surface area contributed by atoms with Crippen molar-refractivity contribution in [2.75, 3.05) is 19.6 Å². The van der Waals surface area contributed by atoms with Crippen molar-refractivity contribution < 1.29 is 4.79 Å². The highest BCUT2D eigenvalue weighted by molar-refractivity contribution is 7.03. The number of urea groups is 1. The average molecular weight is 241 g/mol. The first-order valence-electron chi connectivity index (χ1n) is 5.00. The van der Waals surface area contributed by atoms with Crippen LogP contribution in [0.1, 0.15) is 6.42 Å². The summed E-state index contributed by atoms with van der Waals surface area (Å²) in [5.74, 6) is 0. The van der Waals surface area contributed by atoms with Crippen LogP contribution in [0.2, 0.25) is 0 Å². The number of carbonyl (C=O) groups excluding carboxylic acids is 1. The zero-order chi connectivity index (χ0) is 11.5. The third kappa shape index (κ3) is 6.77. The Labute approximate surface area is 98.3 Å². The second-order valence-corrected chi connectivity index (χ2v) is 3.56. The van der Waals surface area contributed by atoms with E-state index in [0.29, 0.717) is 0 Å². The Bertz CT molecular complexity index is 270. The molecule has 0 saturated carbocycles. The van der Waals surface area contributed by atoms with Crippen molar-refractivity contribution in [3.05, 3.63) is 23.9 Å². The molecule has 0 atom stereocenters. The third-order valence-corrected chi connectivity index (χ3v) is 2.10. The van der Waals surface area contributed by atoms with Crippen molar-refractivity contribution >= 4 is 17.6 Å². The highest BCUT2D eigenvalue weighted by Crippen LogP contribution is 1.84. The van der Waals surface area contributed by atoms with Gasteiger partial charge in [0.1, 0.15) is 0 Å². The van der Waals surface area contributed by atoms with Crippen molar-refractivity contribution in [2.45, 2.75) is 6.42 Å². The van der Waals surface area contributed by atoms with Gasteiger partial charge in [-0.25, -0.2) is 4.79 Å². The van der Waals surface area contributed by atoms with Gasteiger partial charge in [0, 0.05) is 25.0 Å². The highest BCUT2D eigenvalue weighted by atomic mass is 32.1. The maximum Gasteiger partial charge on any atom is 0.314 e. The second-order valence-electron chi connectivity index (χ2n) is 2.92. The van der Waals surface area contributed by atoms with Gasteiger partial charge in [-0.05, 0) is 24.2 Å². The minimum absolute atomic E-state index is 0.0463. The van der Waals surface area contributed by atoms with E-state index in [-0.39, 0.29) is 6.03 Å². The SMILES string of the molecule is C1=CNCC1.O=C1NCCN1.c1csnn1. The lowest BCUT2D eigenvalue weighted by Crippen LogP contribution is -2.20. The first kappa shape index (κ1) is 12.4. The highest BCUT2D eigenvalue weighted by Gasteiger charge is 2.03. The fourth-order valence-electron chi connectivity index (χ4n) is 0.967. The Morgan fingerprint density at radius 1 is 1.25 bits per heavy atom. The smallest absolute Gasteiger partial charge is 0.314 e. The van der Waals surface area contributed by atoms with E-state index in [0.717, 1.165) is 19.6 Å². The molecule has 0 spiro atoms. The van der Waals surface area contributed by atoms with Gasteiger partial charge in [-0.15, -0.1) is 5.10 Å². The van der Waals surface area contributed by atoms with Gasteiger partial charge in [0.05, 0.1) is 6.20 Å². The normalized spacial score (nSPS) is 15.9. The number of nitrogens with zero attached hydrogens (tertiary/aromatic N) is 2. The Balaban J connectivity index is 0.000000121. The zero-order valence-corrected chi connectivity index (χ0v) is 9.67. The molecule has 6 nitrogen and oxygen atoms in total. The van der Waals surface area contributed by atoms with E-state index in [2.05, 4.69) is 31.6 Å². The van der Waals surface area contributed by atoms with Crippen LogP contribution in [0.5, 0.6) is 0 Å². The molecule has 2 aliphatic rings. The van der Waals surface area contributed by atoms with Crippen molar-refractivity contribution in [1.82, 2.24) is 25.5 Å². The van der Waals surface area contributed by atoms with Crippen molar-refractivity contribution in [2.24, 2.45) is 0 Å². The maximum absolute atomic E-state index is 10.0. The third-order valence-electron chi connectivity index (χ3n) is 1.67. The molecular weight excluding hydrogens is 226 g/mol. The van der Waals surface area contributed by atoms with Gasteiger partial charge in [0.15, 0.2) is 0 Å². The summed E-state index contributed by atoms with van der Waals surface area (Å²) in [5.41, 5.74) is 0. The lowest BCUT2D eigenvalue weighted by atomic mass is 10.5. The van der Waals surface area contributed by atoms with Gasteiger partial charge in [-0.1, -0.05) is 10.6 Å². The predicted molar refractivity (Wildman–Crippen MR) is 63.1 cm³/mol. The van der Waals surface area contributed by atoms with Gasteiger partial charge in [-0.2, -0.15) is 0 Å². The molecule has 7 heteroatoms. The van der Waals surface area contributed by atoms with E-state index in [1.807, 2.05) is 11.6 Å². The minimum Gasteiger partial charge on any atom is -0.391 e. The molecule has 88 valence electrons. The summed E-state index contributed by atoms with van der Waals surface area (Å²) < 4.78 is 3.51. The molecule has 2 amide bonds. The van der Waals surface area contributed by atoms with Crippen LogP contribution in [0.4, 0.5) is 4.79 Å². The van der Waals surface area contributed by atoms with Crippen LogP contribution < -0.4 is 16.0 Å². The Kier molecular flexibility index (Phi) is 6.73.